The molecule has 1 aromatic heterocycles. The number of aryl methyl sites for hydroxylation is 1. The van der Waals surface area contributed by atoms with Crippen molar-refractivity contribution in [2.45, 2.75) is 38.6 Å². The van der Waals surface area contributed by atoms with Crippen molar-refractivity contribution in [2.75, 3.05) is 13.6 Å². The van der Waals surface area contributed by atoms with Crippen LogP contribution in [0.1, 0.15) is 31.9 Å². The molecule has 0 saturated carbocycles. The molecule has 1 aromatic carbocycles. The smallest absolute Gasteiger partial charge is 0.238 e. The zero-order chi connectivity index (χ0) is 17.5. The second kappa shape index (κ2) is 10.2. The van der Waals surface area contributed by atoms with E-state index < -0.39 is 6.04 Å². The van der Waals surface area contributed by atoms with Gasteiger partial charge >= 0.3 is 0 Å². The number of carbonyl (C=O) groups is 1. The molecule has 0 fully saturated rings. The molecule has 7 heteroatoms. The lowest BCUT2D eigenvalue weighted by Crippen LogP contribution is -2.40. The van der Waals surface area contributed by atoms with Gasteiger partial charge in [0.15, 0.2) is 0 Å². The van der Waals surface area contributed by atoms with Crippen LogP contribution in [0.3, 0.4) is 0 Å². The maximum absolute atomic E-state index is 12.9. The largest absolute Gasteiger partial charge is 0.344 e. The molecule has 0 saturated heterocycles. The molecular weight excluding hydrogens is 343 g/mol. The van der Waals surface area contributed by atoms with Gasteiger partial charge in [0.05, 0.1) is 11.7 Å². The van der Waals surface area contributed by atoms with Crippen molar-refractivity contribution in [1.82, 2.24) is 15.1 Å². The third kappa shape index (κ3) is 6.48. The van der Waals surface area contributed by atoms with Gasteiger partial charge in [0, 0.05) is 24.8 Å². The number of rotatable bonds is 8. The van der Waals surface area contributed by atoms with Crippen LogP contribution < -0.4 is 5.73 Å². The van der Waals surface area contributed by atoms with E-state index in [2.05, 4.69) is 10.2 Å². The van der Waals surface area contributed by atoms with Gasteiger partial charge in [-0.3, -0.25) is 9.89 Å². The first-order valence-corrected chi connectivity index (χ1v) is 8.28. The van der Waals surface area contributed by atoms with Crippen molar-refractivity contribution >= 4 is 18.3 Å². The molecule has 138 valence electrons. The number of nitrogens with zero attached hydrogens (tertiary/aromatic N) is 2. The van der Waals surface area contributed by atoms with Crippen molar-refractivity contribution in [1.29, 1.82) is 0 Å². The van der Waals surface area contributed by atoms with E-state index in [-0.39, 0.29) is 24.1 Å². The van der Waals surface area contributed by atoms with E-state index in [0.29, 0.717) is 0 Å². The van der Waals surface area contributed by atoms with Gasteiger partial charge in [0.2, 0.25) is 5.91 Å². The summed E-state index contributed by atoms with van der Waals surface area (Å²) in [6.45, 7) is 2.43. The van der Waals surface area contributed by atoms with Crippen LogP contribution in [0, 0.1) is 5.82 Å². The highest BCUT2D eigenvalue weighted by atomic mass is 35.5. The standard InChI is InChI=1S/C18H25FN4O.ClH/c1-13(20)18(24)23(2)11-5-3-4-6-16-12-17(22-21-16)14-7-9-15(19)10-8-14;/h7-10,12-13H,3-6,11,20H2,1-2H3,(H,21,22);1H/t13-;/m0./s1. The maximum atomic E-state index is 12.9. The van der Waals surface area contributed by atoms with E-state index in [9.17, 15) is 9.18 Å². The highest BCUT2D eigenvalue weighted by Gasteiger charge is 2.12. The number of nitrogens with one attached hydrogen (secondary N) is 1. The van der Waals surface area contributed by atoms with Crippen molar-refractivity contribution in [3.8, 4) is 11.3 Å². The normalized spacial score (nSPS) is 11.7. The molecular formula is C18H26ClFN4O. The van der Waals surface area contributed by atoms with Crippen molar-refractivity contribution in [3.05, 3.63) is 41.8 Å². The summed E-state index contributed by atoms with van der Waals surface area (Å²) in [5.41, 5.74) is 8.37. The Morgan fingerprint density at radius 2 is 1.96 bits per heavy atom. The number of amides is 1. The Kier molecular flexibility index (Phi) is 8.58. The second-order valence-electron chi connectivity index (χ2n) is 6.14. The number of nitrogens with two attached hydrogens (primary N) is 1. The summed E-state index contributed by atoms with van der Waals surface area (Å²) in [6, 6.07) is 7.87. The Labute approximate surface area is 154 Å². The first-order valence-electron chi connectivity index (χ1n) is 8.28. The number of aromatic amines is 1. The van der Waals surface area contributed by atoms with E-state index in [1.165, 1.54) is 12.1 Å². The highest BCUT2D eigenvalue weighted by molar-refractivity contribution is 5.85. The minimum Gasteiger partial charge on any atom is -0.344 e. The first kappa shape index (κ1) is 21.1. The number of H-pyrrole nitrogens is 1. The summed E-state index contributed by atoms with van der Waals surface area (Å²) in [5, 5.41) is 7.30. The zero-order valence-electron chi connectivity index (χ0n) is 14.7. The summed E-state index contributed by atoms with van der Waals surface area (Å²) in [5.74, 6) is -0.269. The van der Waals surface area contributed by atoms with Crippen LogP contribution in [0.2, 0.25) is 0 Å². The molecule has 2 aromatic rings. The third-order valence-corrected chi connectivity index (χ3v) is 3.98. The number of halogens is 2. The maximum Gasteiger partial charge on any atom is 0.238 e. The van der Waals surface area contributed by atoms with Crippen LogP contribution in [0.15, 0.2) is 30.3 Å². The van der Waals surface area contributed by atoms with Gasteiger partial charge in [0.25, 0.3) is 0 Å². The topological polar surface area (TPSA) is 75.0 Å². The predicted octanol–water partition coefficient (Wildman–Crippen LogP) is 3.16. The highest BCUT2D eigenvalue weighted by Crippen LogP contribution is 2.18. The fraction of sp³-hybridized carbons (Fsp3) is 0.444. The van der Waals surface area contributed by atoms with Gasteiger partial charge in [-0.15, -0.1) is 12.4 Å². The molecule has 5 nitrogen and oxygen atoms in total. The summed E-state index contributed by atoms with van der Waals surface area (Å²) in [7, 11) is 1.79. The van der Waals surface area contributed by atoms with Crippen molar-refractivity contribution in [3.63, 3.8) is 0 Å². The SMILES string of the molecule is C[C@H](N)C(=O)N(C)CCCCCc1cc(-c2ccc(F)cc2)n[nH]1.Cl. The van der Waals surface area contributed by atoms with Crippen LogP contribution in [0.25, 0.3) is 11.3 Å². The van der Waals surface area contributed by atoms with Crippen molar-refractivity contribution < 1.29 is 9.18 Å². The van der Waals surface area contributed by atoms with Crippen molar-refractivity contribution in [2.24, 2.45) is 5.73 Å². The van der Waals surface area contributed by atoms with E-state index >= 15 is 0 Å². The molecule has 2 rings (SSSR count). The molecule has 3 N–H and O–H groups in total. The quantitative estimate of drug-likeness (QED) is 0.703. The fourth-order valence-electron chi connectivity index (χ4n) is 2.56. The molecule has 1 heterocycles. The third-order valence-electron chi connectivity index (χ3n) is 3.98. The summed E-state index contributed by atoms with van der Waals surface area (Å²) >= 11 is 0. The number of benzene rings is 1. The second-order valence-corrected chi connectivity index (χ2v) is 6.14. The molecule has 0 bridgehead atoms. The lowest BCUT2D eigenvalue weighted by atomic mass is 10.1. The van der Waals surface area contributed by atoms with Gasteiger partial charge in [-0.25, -0.2) is 4.39 Å². The Balaban J connectivity index is 0.00000312. The molecule has 1 amide bonds. The molecule has 0 aliphatic carbocycles. The van der Waals surface area contributed by atoms with E-state index in [1.807, 2.05) is 6.07 Å². The molecule has 0 aliphatic rings. The van der Waals surface area contributed by atoms with Gasteiger partial charge in [-0.2, -0.15) is 5.10 Å². The zero-order valence-corrected chi connectivity index (χ0v) is 15.5. The van der Waals surface area contributed by atoms with Gasteiger partial charge < -0.3 is 10.6 Å². The molecule has 0 spiro atoms. The lowest BCUT2D eigenvalue weighted by Gasteiger charge is -2.18. The molecule has 1 atom stereocenters. The van der Waals surface area contributed by atoms with Crippen LogP contribution in [-0.2, 0) is 11.2 Å². The van der Waals surface area contributed by atoms with E-state index in [4.69, 9.17) is 5.73 Å². The summed E-state index contributed by atoms with van der Waals surface area (Å²) in [4.78, 5) is 13.3. The van der Waals surface area contributed by atoms with Crippen LogP contribution in [-0.4, -0.2) is 40.6 Å². The first-order chi connectivity index (χ1) is 11.5. The predicted molar refractivity (Wildman–Crippen MR) is 100 cm³/mol. The number of hydrogen-bond acceptors (Lipinski definition) is 3. The van der Waals surface area contributed by atoms with Gasteiger partial charge in [0.1, 0.15) is 5.82 Å². The van der Waals surface area contributed by atoms with Crippen LogP contribution in [0.5, 0.6) is 0 Å². The molecule has 0 aliphatic heterocycles. The molecule has 0 unspecified atom stereocenters. The van der Waals surface area contributed by atoms with Gasteiger partial charge in [-0.05, 0) is 56.5 Å². The Morgan fingerprint density at radius 1 is 1.28 bits per heavy atom. The van der Waals surface area contributed by atoms with E-state index in [1.54, 1.807) is 31.0 Å². The average molecular weight is 369 g/mol. The number of unbranched alkanes of at least 4 members (excludes halogenated alkanes) is 2. The lowest BCUT2D eigenvalue weighted by molar-refractivity contribution is -0.130. The molecule has 0 radical (unpaired) electrons. The van der Waals surface area contributed by atoms with Crippen LogP contribution in [0.4, 0.5) is 4.39 Å². The fourth-order valence-corrected chi connectivity index (χ4v) is 2.56. The Hall–Kier alpha value is -1.92. The molecule has 25 heavy (non-hydrogen) atoms. The Bertz CT molecular complexity index is 657. The number of hydrogen-bond donors (Lipinski definition) is 2. The minimum absolute atomic E-state index is 0. The van der Waals surface area contributed by atoms with Crippen LogP contribution >= 0.6 is 12.4 Å². The number of aromatic nitrogens is 2. The number of carbonyl (C=O) groups excluding carboxylic acids is 1. The monoisotopic (exact) mass is 368 g/mol. The minimum atomic E-state index is -0.440. The van der Waals surface area contributed by atoms with Gasteiger partial charge in [-0.1, -0.05) is 6.42 Å². The van der Waals surface area contributed by atoms with E-state index in [0.717, 1.165) is 49.2 Å². The Morgan fingerprint density at radius 3 is 2.60 bits per heavy atom. The average Bonchev–Trinajstić information content (AvgIpc) is 3.03. The summed E-state index contributed by atoms with van der Waals surface area (Å²) < 4.78 is 12.9. The summed E-state index contributed by atoms with van der Waals surface area (Å²) in [6.07, 6.45) is 3.90. The number of likely N-dealkylation sites (N-methyl/N-ethyl adjacent to an activating group) is 1.